The number of amides is 1. The molecule has 0 aliphatic carbocycles. The van der Waals surface area contributed by atoms with E-state index in [9.17, 15) is 22.9 Å². The summed E-state index contributed by atoms with van der Waals surface area (Å²) in [6, 6.07) is 1.87. The maximum atomic E-state index is 12.7. The average molecular weight is 356 g/mol. The van der Waals surface area contributed by atoms with E-state index in [0.717, 1.165) is 16.8 Å². The van der Waals surface area contributed by atoms with E-state index in [1.807, 2.05) is 0 Å². The van der Waals surface area contributed by atoms with Crippen molar-refractivity contribution in [3.8, 4) is 11.6 Å². The van der Waals surface area contributed by atoms with Gasteiger partial charge in [-0.15, -0.1) is 10.0 Å². The van der Waals surface area contributed by atoms with Crippen LogP contribution in [0.1, 0.15) is 23.7 Å². The number of carbonyl (C=O) groups excluding carboxylic acids is 1. The van der Waals surface area contributed by atoms with Crippen LogP contribution < -0.4 is 10.1 Å². The van der Waals surface area contributed by atoms with E-state index in [0.29, 0.717) is 23.7 Å². The zero-order chi connectivity index (χ0) is 18.8. The number of nitroso groups, excluding NO2 is 1. The molecule has 1 amide bonds. The topological polar surface area (TPSA) is 85.6 Å². The summed E-state index contributed by atoms with van der Waals surface area (Å²) in [7, 11) is 1.43. The van der Waals surface area contributed by atoms with Crippen LogP contribution in [0.15, 0.2) is 23.4 Å². The monoisotopic (exact) mass is 356 g/mol. The van der Waals surface area contributed by atoms with E-state index < -0.39 is 23.5 Å². The lowest BCUT2D eigenvalue weighted by atomic mass is 10.1. The zero-order valence-electron chi connectivity index (χ0n) is 13.6. The molecule has 0 saturated carbocycles. The third-order valence-corrected chi connectivity index (χ3v) is 3.55. The van der Waals surface area contributed by atoms with Crippen molar-refractivity contribution in [1.82, 2.24) is 15.1 Å². The highest BCUT2D eigenvalue weighted by atomic mass is 19.4. The van der Waals surface area contributed by atoms with Crippen LogP contribution in [0.25, 0.3) is 0 Å². The second kappa shape index (κ2) is 6.91. The number of hydrogen-bond acceptors (Lipinski definition) is 5. The predicted octanol–water partition coefficient (Wildman–Crippen LogP) is 4.15. The lowest BCUT2D eigenvalue weighted by Crippen LogP contribution is -2.26. The molecule has 134 valence electrons. The van der Waals surface area contributed by atoms with Gasteiger partial charge in [-0.2, -0.15) is 17.9 Å². The fourth-order valence-corrected chi connectivity index (χ4v) is 2.26. The summed E-state index contributed by atoms with van der Waals surface area (Å²) in [5.74, 6) is -0.160. The molecule has 2 aromatic rings. The molecule has 7 nitrogen and oxygen atoms in total. The molecule has 1 aromatic heterocycles. The molecule has 1 aromatic carbocycles. The van der Waals surface area contributed by atoms with Gasteiger partial charge in [-0.25, -0.2) is 4.79 Å². The molecule has 1 heterocycles. The van der Waals surface area contributed by atoms with E-state index in [2.05, 4.69) is 15.6 Å². The molecule has 2 rings (SSSR count). The number of hydrogen-bond donors (Lipinski definition) is 1. The SMILES string of the molecule is CCc1c(Oc2ccc(C(F)(F)F)cc2N=O)nn(C(=O)NC)c1C. The Kier molecular flexibility index (Phi) is 5.10. The zero-order valence-corrected chi connectivity index (χ0v) is 13.6. The Labute approximate surface area is 140 Å². The quantitative estimate of drug-likeness (QED) is 0.834. The Morgan fingerprint density at radius 1 is 1.40 bits per heavy atom. The number of nitrogens with zero attached hydrogens (tertiary/aromatic N) is 3. The number of carbonyl (C=O) groups is 1. The van der Waals surface area contributed by atoms with Crippen molar-refractivity contribution in [1.29, 1.82) is 0 Å². The number of nitrogens with one attached hydrogen (secondary N) is 1. The molecular formula is C15H15F3N4O3. The number of alkyl halides is 3. The van der Waals surface area contributed by atoms with Gasteiger partial charge in [0.2, 0.25) is 5.88 Å². The van der Waals surface area contributed by atoms with Gasteiger partial charge in [0.05, 0.1) is 11.3 Å². The van der Waals surface area contributed by atoms with Crippen molar-refractivity contribution in [2.75, 3.05) is 7.05 Å². The van der Waals surface area contributed by atoms with Crippen molar-refractivity contribution in [2.24, 2.45) is 5.18 Å². The summed E-state index contributed by atoms with van der Waals surface area (Å²) < 4.78 is 44.7. The fourth-order valence-electron chi connectivity index (χ4n) is 2.26. The van der Waals surface area contributed by atoms with Crippen molar-refractivity contribution >= 4 is 11.7 Å². The van der Waals surface area contributed by atoms with E-state index in [4.69, 9.17) is 4.74 Å². The molecule has 25 heavy (non-hydrogen) atoms. The molecule has 0 radical (unpaired) electrons. The first-order chi connectivity index (χ1) is 11.7. The molecule has 0 aliphatic rings. The van der Waals surface area contributed by atoms with Crippen LogP contribution in [-0.2, 0) is 12.6 Å². The van der Waals surface area contributed by atoms with E-state index in [1.54, 1.807) is 13.8 Å². The number of halogens is 3. The summed E-state index contributed by atoms with van der Waals surface area (Å²) >= 11 is 0. The number of rotatable bonds is 4. The molecule has 0 fully saturated rings. The van der Waals surface area contributed by atoms with Gasteiger partial charge in [-0.1, -0.05) is 6.92 Å². The van der Waals surface area contributed by atoms with E-state index in [-0.39, 0.29) is 11.6 Å². The third kappa shape index (κ3) is 3.62. The van der Waals surface area contributed by atoms with Gasteiger partial charge in [-0.05, 0) is 36.7 Å². The van der Waals surface area contributed by atoms with Gasteiger partial charge < -0.3 is 10.1 Å². The van der Waals surface area contributed by atoms with Crippen LogP contribution in [0.2, 0.25) is 0 Å². The Bertz CT molecular complexity index is 815. The second-order valence-electron chi connectivity index (χ2n) is 5.06. The fraction of sp³-hybridized carbons (Fsp3) is 0.333. The van der Waals surface area contributed by atoms with Crippen LogP contribution in [0.4, 0.5) is 23.7 Å². The standard InChI is InChI=1S/C15H15F3N4O3/c1-4-10-8(2)22(14(23)19-3)20-13(10)25-12-6-5-9(15(16,17)18)7-11(12)21-24/h5-7H,4H2,1-3H3,(H,19,23). The average Bonchev–Trinajstić information content (AvgIpc) is 2.89. The van der Waals surface area contributed by atoms with E-state index in [1.165, 1.54) is 7.05 Å². The molecule has 0 atom stereocenters. The van der Waals surface area contributed by atoms with Gasteiger partial charge in [0.25, 0.3) is 0 Å². The first-order valence-corrected chi connectivity index (χ1v) is 7.26. The van der Waals surface area contributed by atoms with Crippen molar-refractivity contribution in [2.45, 2.75) is 26.4 Å². The van der Waals surface area contributed by atoms with Gasteiger partial charge in [-0.3, -0.25) is 0 Å². The highest BCUT2D eigenvalue weighted by Gasteiger charge is 2.31. The Morgan fingerprint density at radius 2 is 2.08 bits per heavy atom. The summed E-state index contributed by atoms with van der Waals surface area (Å²) in [5, 5.41) is 9.01. The highest BCUT2D eigenvalue weighted by Crippen LogP contribution is 2.38. The molecule has 10 heteroatoms. The Hall–Kier alpha value is -2.91. The summed E-state index contributed by atoms with van der Waals surface area (Å²) in [6.07, 6.45) is -4.15. The Balaban J connectivity index is 2.46. The van der Waals surface area contributed by atoms with Crippen molar-refractivity contribution < 1.29 is 22.7 Å². The van der Waals surface area contributed by atoms with Gasteiger partial charge in [0.1, 0.15) is 0 Å². The van der Waals surface area contributed by atoms with Crippen LogP contribution in [0.3, 0.4) is 0 Å². The lowest BCUT2D eigenvalue weighted by Gasteiger charge is -2.10. The number of aromatic nitrogens is 2. The number of benzene rings is 1. The van der Waals surface area contributed by atoms with Crippen LogP contribution in [0, 0.1) is 11.8 Å². The lowest BCUT2D eigenvalue weighted by molar-refractivity contribution is -0.137. The highest BCUT2D eigenvalue weighted by molar-refractivity contribution is 5.76. The minimum atomic E-state index is -4.61. The predicted molar refractivity (Wildman–Crippen MR) is 83.2 cm³/mol. The van der Waals surface area contributed by atoms with Crippen LogP contribution in [0.5, 0.6) is 11.6 Å². The summed E-state index contributed by atoms with van der Waals surface area (Å²) in [4.78, 5) is 22.7. The summed E-state index contributed by atoms with van der Waals surface area (Å²) in [6.45, 7) is 3.45. The smallest absolute Gasteiger partial charge is 0.416 e. The molecule has 0 unspecified atom stereocenters. The molecule has 0 bridgehead atoms. The molecule has 0 spiro atoms. The minimum Gasteiger partial charge on any atom is -0.435 e. The molecule has 1 N–H and O–H groups in total. The van der Waals surface area contributed by atoms with Crippen molar-refractivity contribution in [3.05, 3.63) is 39.9 Å². The van der Waals surface area contributed by atoms with Gasteiger partial charge in [0.15, 0.2) is 11.4 Å². The first kappa shape index (κ1) is 18.4. The van der Waals surface area contributed by atoms with Crippen LogP contribution in [-0.4, -0.2) is 22.9 Å². The largest absolute Gasteiger partial charge is 0.435 e. The normalized spacial score (nSPS) is 11.3. The summed E-state index contributed by atoms with van der Waals surface area (Å²) in [5.41, 5.74) is -0.425. The maximum Gasteiger partial charge on any atom is 0.416 e. The minimum absolute atomic E-state index is 0.0215. The molecule has 0 aliphatic heterocycles. The second-order valence-corrected chi connectivity index (χ2v) is 5.06. The first-order valence-electron chi connectivity index (χ1n) is 7.26. The maximum absolute atomic E-state index is 12.7. The van der Waals surface area contributed by atoms with E-state index >= 15 is 0 Å². The third-order valence-electron chi connectivity index (χ3n) is 3.55. The number of ether oxygens (including phenoxy) is 1. The van der Waals surface area contributed by atoms with Crippen LogP contribution >= 0.6 is 0 Å². The Morgan fingerprint density at radius 3 is 2.60 bits per heavy atom. The van der Waals surface area contributed by atoms with Crippen molar-refractivity contribution in [3.63, 3.8) is 0 Å². The molecular weight excluding hydrogens is 341 g/mol. The van der Waals surface area contributed by atoms with Gasteiger partial charge >= 0.3 is 12.2 Å². The molecule has 0 saturated heterocycles. The van der Waals surface area contributed by atoms with Gasteiger partial charge in [0, 0.05) is 12.6 Å².